The quantitative estimate of drug-likeness (QED) is 0.777. The Bertz CT molecular complexity index is 645. The number of para-hydroxylation sites is 1. The standard InChI is InChI=1S/C20H23NO/c1-3-18-19-13-14-21(20(18,19)2)15-9-11-17(12-10-15)22-16-7-5-4-6-8-16/h4-12,18-19H,3,13-14H2,1-2H3/t18-,19-,20+/m0/s1. The van der Waals surface area contributed by atoms with Crippen molar-refractivity contribution in [3.8, 4) is 11.5 Å². The van der Waals surface area contributed by atoms with Gasteiger partial charge in [0.05, 0.1) is 0 Å². The van der Waals surface area contributed by atoms with Crippen molar-refractivity contribution in [1.82, 2.24) is 0 Å². The molecule has 1 aliphatic heterocycles. The summed E-state index contributed by atoms with van der Waals surface area (Å²) >= 11 is 0. The zero-order valence-corrected chi connectivity index (χ0v) is 13.3. The Balaban J connectivity index is 1.51. The summed E-state index contributed by atoms with van der Waals surface area (Å²) in [6.07, 6.45) is 2.64. The molecule has 1 saturated carbocycles. The van der Waals surface area contributed by atoms with Gasteiger partial charge < -0.3 is 9.64 Å². The van der Waals surface area contributed by atoms with E-state index in [-0.39, 0.29) is 0 Å². The minimum atomic E-state index is 0.399. The van der Waals surface area contributed by atoms with E-state index in [1.54, 1.807) is 0 Å². The highest BCUT2D eigenvalue weighted by atomic mass is 16.5. The first-order chi connectivity index (χ1) is 10.7. The number of rotatable bonds is 4. The van der Waals surface area contributed by atoms with Gasteiger partial charge in [-0.1, -0.05) is 31.5 Å². The van der Waals surface area contributed by atoms with Crippen LogP contribution in [0.1, 0.15) is 26.7 Å². The highest BCUT2D eigenvalue weighted by Gasteiger charge is 2.66. The molecule has 22 heavy (non-hydrogen) atoms. The number of hydrogen-bond acceptors (Lipinski definition) is 2. The van der Waals surface area contributed by atoms with Crippen molar-refractivity contribution >= 4 is 5.69 Å². The first kappa shape index (κ1) is 13.7. The molecule has 2 fully saturated rings. The molecule has 2 aromatic rings. The van der Waals surface area contributed by atoms with Crippen molar-refractivity contribution < 1.29 is 4.74 Å². The van der Waals surface area contributed by atoms with Crippen LogP contribution in [0.3, 0.4) is 0 Å². The molecule has 2 heteroatoms. The van der Waals surface area contributed by atoms with Crippen molar-refractivity contribution in [2.45, 2.75) is 32.2 Å². The number of piperidine rings is 1. The van der Waals surface area contributed by atoms with Crippen molar-refractivity contribution in [3.63, 3.8) is 0 Å². The molecule has 4 rings (SSSR count). The number of fused-ring (bicyclic) bond motifs is 1. The largest absolute Gasteiger partial charge is 0.457 e. The van der Waals surface area contributed by atoms with Crippen molar-refractivity contribution in [1.29, 1.82) is 0 Å². The minimum Gasteiger partial charge on any atom is -0.457 e. The molecule has 3 atom stereocenters. The molecular formula is C20H23NO. The van der Waals surface area contributed by atoms with Gasteiger partial charge in [-0.05, 0) is 61.6 Å². The highest BCUT2D eigenvalue weighted by molar-refractivity contribution is 5.56. The van der Waals surface area contributed by atoms with E-state index in [1.807, 2.05) is 30.3 Å². The molecule has 0 amide bonds. The average Bonchev–Trinajstić information content (AvgIpc) is 2.98. The molecular weight excluding hydrogens is 270 g/mol. The molecule has 0 spiro atoms. The van der Waals surface area contributed by atoms with Gasteiger partial charge in [-0.25, -0.2) is 0 Å². The van der Waals surface area contributed by atoms with Crippen LogP contribution in [0.2, 0.25) is 0 Å². The van der Waals surface area contributed by atoms with Gasteiger partial charge in [0.25, 0.3) is 0 Å². The lowest BCUT2D eigenvalue weighted by atomic mass is 10.1. The fraction of sp³-hybridized carbons (Fsp3) is 0.400. The van der Waals surface area contributed by atoms with Gasteiger partial charge in [0.2, 0.25) is 0 Å². The summed E-state index contributed by atoms with van der Waals surface area (Å²) in [6, 6.07) is 18.5. The number of ether oxygens (including phenoxy) is 1. The van der Waals surface area contributed by atoms with Gasteiger partial charge in [-0.2, -0.15) is 0 Å². The van der Waals surface area contributed by atoms with E-state index in [0.717, 1.165) is 23.3 Å². The van der Waals surface area contributed by atoms with Gasteiger partial charge in [-0.15, -0.1) is 0 Å². The van der Waals surface area contributed by atoms with Gasteiger partial charge in [0, 0.05) is 17.8 Å². The molecule has 114 valence electrons. The maximum atomic E-state index is 5.88. The third-order valence-electron chi connectivity index (χ3n) is 5.69. The Kier molecular flexibility index (Phi) is 3.14. The lowest BCUT2D eigenvalue weighted by molar-refractivity contribution is 0.482. The number of benzene rings is 2. The molecule has 0 bridgehead atoms. The molecule has 2 nitrogen and oxygen atoms in total. The second-order valence-electron chi connectivity index (χ2n) is 6.70. The zero-order valence-electron chi connectivity index (χ0n) is 13.3. The van der Waals surface area contributed by atoms with Crippen LogP contribution >= 0.6 is 0 Å². The lowest BCUT2D eigenvalue weighted by Gasteiger charge is -2.29. The first-order valence-corrected chi connectivity index (χ1v) is 8.34. The second kappa shape index (κ2) is 5.05. The maximum absolute atomic E-state index is 5.88. The summed E-state index contributed by atoms with van der Waals surface area (Å²) in [6.45, 7) is 5.95. The van der Waals surface area contributed by atoms with Gasteiger partial charge in [-0.3, -0.25) is 0 Å². The summed E-state index contributed by atoms with van der Waals surface area (Å²) in [7, 11) is 0. The Labute approximate surface area is 132 Å². The van der Waals surface area contributed by atoms with Gasteiger partial charge >= 0.3 is 0 Å². The van der Waals surface area contributed by atoms with E-state index in [9.17, 15) is 0 Å². The number of anilines is 1. The maximum Gasteiger partial charge on any atom is 0.127 e. The van der Waals surface area contributed by atoms with Crippen LogP contribution in [-0.2, 0) is 0 Å². The Hall–Kier alpha value is -1.96. The Morgan fingerprint density at radius 3 is 2.36 bits per heavy atom. The van der Waals surface area contributed by atoms with E-state index >= 15 is 0 Å². The summed E-state index contributed by atoms with van der Waals surface area (Å²) in [5, 5.41) is 0. The minimum absolute atomic E-state index is 0.399. The van der Waals surface area contributed by atoms with Gasteiger partial charge in [0.1, 0.15) is 11.5 Å². The van der Waals surface area contributed by atoms with Crippen molar-refractivity contribution in [3.05, 3.63) is 54.6 Å². The van der Waals surface area contributed by atoms with E-state index in [2.05, 4.69) is 43.0 Å². The van der Waals surface area contributed by atoms with Crippen LogP contribution in [0.15, 0.2) is 54.6 Å². The van der Waals surface area contributed by atoms with E-state index in [1.165, 1.54) is 25.1 Å². The SMILES string of the molecule is CC[C@H]1[C@@H]2CCN(c3ccc(Oc4ccccc4)cc3)[C@]12C. The second-order valence-corrected chi connectivity index (χ2v) is 6.70. The van der Waals surface area contributed by atoms with Gasteiger partial charge in [0.15, 0.2) is 0 Å². The monoisotopic (exact) mass is 293 g/mol. The molecule has 0 radical (unpaired) electrons. The number of hydrogen-bond donors (Lipinski definition) is 0. The molecule has 1 saturated heterocycles. The average molecular weight is 293 g/mol. The summed E-state index contributed by atoms with van der Waals surface area (Å²) in [5.41, 5.74) is 1.73. The predicted octanol–water partition coefficient (Wildman–Crippen LogP) is 5.10. The Morgan fingerprint density at radius 2 is 1.73 bits per heavy atom. The molecule has 0 aromatic heterocycles. The summed E-state index contributed by atoms with van der Waals surface area (Å²) < 4.78 is 5.88. The zero-order chi connectivity index (χ0) is 15.2. The van der Waals surface area contributed by atoms with E-state index in [0.29, 0.717) is 5.54 Å². The van der Waals surface area contributed by atoms with Crippen LogP contribution in [-0.4, -0.2) is 12.1 Å². The molecule has 0 unspecified atom stereocenters. The topological polar surface area (TPSA) is 12.5 Å². The fourth-order valence-corrected chi connectivity index (χ4v) is 4.51. The fourth-order valence-electron chi connectivity index (χ4n) is 4.51. The highest BCUT2D eigenvalue weighted by Crippen LogP contribution is 2.62. The van der Waals surface area contributed by atoms with Crippen LogP contribution in [0.25, 0.3) is 0 Å². The molecule has 1 heterocycles. The lowest BCUT2D eigenvalue weighted by Crippen LogP contribution is -2.34. The smallest absolute Gasteiger partial charge is 0.127 e. The molecule has 2 aliphatic rings. The van der Waals surface area contributed by atoms with Crippen LogP contribution in [0, 0.1) is 11.8 Å². The molecule has 2 aromatic carbocycles. The summed E-state index contributed by atoms with van der Waals surface area (Å²) in [4.78, 5) is 2.61. The molecule has 1 aliphatic carbocycles. The first-order valence-electron chi connectivity index (χ1n) is 8.34. The predicted molar refractivity (Wildman–Crippen MR) is 90.6 cm³/mol. The normalized spacial score (nSPS) is 29.3. The van der Waals surface area contributed by atoms with Crippen molar-refractivity contribution in [2.24, 2.45) is 11.8 Å². The van der Waals surface area contributed by atoms with Crippen LogP contribution < -0.4 is 9.64 Å². The Morgan fingerprint density at radius 1 is 1.05 bits per heavy atom. The van der Waals surface area contributed by atoms with E-state index < -0.39 is 0 Å². The molecule has 0 N–H and O–H groups in total. The van der Waals surface area contributed by atoms with E-state index in [4.69, 9.17) is 4.74 Å². The number of nitrogens with zero attached hydrogens (tertiary/aromatic N) is 1. The van der Waals surface area contributed by atoms with Crippen LogP contribution in [0.5, 0.6) is 11.5 Å². The summed E-state index contributed by atoms with van der Waals surface area (Å²) in [5.74, 6) is 3.56. The third kappa shape index (κ3) is 2.01. The van der Waals surface area contributed by atoms with Crippen molar-refractivity contribution in [2.75, 3.05) is 11.4 Å². The van der Waals surface area contributed by atoms with Crippen LogP contribution in [0.4, 0.5) is 5.69 Å². The third-order valence-corrected chi connectivity index (χ3v) is 5.69.